The Hall–Kier alpha value is -2.50. The van der Waals surface area contributed by atoms with Crippen LogP contribution in [0.1, 0.15) is 0 Å². The molecule has 0 rings (SSSR count). The maximum Gasteiger partial charge on any atom is 0.526 e. The molecule has 37 heteroatoms. The van der Waals surface area contributed by atoms with Crippen molar-refractivity contribution in [2.24, 2.45) is 0 Å². The summed E-state index contributed by atoms with van der Waals surface area (Å²) in [5.74, 6) is -101. The first-order chi connectivity index (χ1) is 22.1. The summed E-state index contributed by atoms with van der Waals surface area (Å²) >= 11 is 0. The Morgan fingerprint density at radius 3 is 0.528 bits per heavy atom. The zero-order valence-electron chi connectivity index (χ0n) is 22.1. The van der Waals surface area contributed by atoms with Gasteiger partial charge in [0.25, 0.3) is 0 Å². The molecule has 0 spiro atoms. The van der Waals surface area contributed by atoms with E-state index in [1.165, 1.54) is 0 Å². The molecular weight excluding hydrogens is 886 g/mol. The Bertz CT molecular complexity index is 1250. The van der Waals surface area contributed by atoms with Crippen molar-refractivity contribution in [3.05, 3.63) is 0 Å². The first-order valence-corrected chi connectivity index (χ1v) is 10.7. The second-order valence-corrected chi connectivity index (χ2v) is 9.02. The van der Waals surface area contributed by atoms with Gasteiger partial charge in [0.2, 0.25) is 0 Å². The number of alkyl halides is 34. The van der Waals surface area contributed by atoms with Crippen LogP contribution in [0.15, 0.2) is 0 Å². The zero-order chi connectivity index (χ0) is 44.1. The van der Waals surface area contributed by atoms with Crippen LogP contribution in [-0.4, -0.2) is 96.4 Å². The lowest BCUT2D eigenvalue weighted by Gasteiger charge is -2.52. The van der Waals surface area contributed by atoms with E-state index in [4.69, 9.17) is 0 Å². The number of hydrogen-bond donors (Lipinski definition) is 0. The molecule has 1 unspecified atom stereocenters. The molecule has 0 heterocycles. The first-order valence-electron chi connectivity index (χ1n) is 10.7. The average Bonchev–Trinajstić information content (AvgIpc) is 2.82. The third-order valence-corrected chi connectivity index (χ3v) is 5.51. The summed E-state index contributed by atoms with van der Waals surface area (Å²) < 4.78 is 457. The molecule has 0 fully saturated rings. The minimum absolute atomic E-state index is 0.842. The van der Waals surface area contributed by atoms with Crippen LogP contribution in [0.5, 0.6) is 0 Å². The molecule has 0 aromatic carbocycles. The highest BCUT2D eigenvalue weighted by molar-refractivity contribution is 5.24. The monoisotopic (exact) mass is 886 g/mol. The van der Waals surface area contributed by atoms with Crippen molar-refractivity contribution in [1.82, 2.24) is 0 Å². The van der Waals surface area contributed by atoms with Crippen molar-refractivity contribution in [3.8, 4) is 0 Å². The average molecular weight is 886 g/mol. The quantitative estimate of drug-likeness (QED) is 0.136. The van der Waals surface area contributed by atoms with E-state index in [2.05, 4.69) is 0 Å². The lowest BCUT2D eigenvalue weighted by Crippen LogP contribution is -2.85. The van der Waals surface area contributed by atoms with Gasteiger partial charge in [0.1, 0.15) is 0 Å². The Kier molecular flexibility index (Phi) is 11.9. The molecule has 0 bridgehead atoms. The van der Waals surface area contributed by atoms with Crippen LogP contribution in [0.4, 0.5) is 149 Å². The lowest BCUT2D eigenvalue weighted by atomic mass is 9.77. The maximum atomic E-state index is 15.6. The Labute approximate surface area is 261 Å². The van der Waals surface area contributed by atoms with Gasteiger partial charge in [0, 0.05) is 0 Å². The van der Waals surface area contributed by atoms with E-state index in [1.807, 2.05) is 0 Å². The van der Waals surface area contributed by atoms with Gasteiger partial charge in [0.05, 0.1) is 0 Å². The predicted molar refractivity (Wildman–Crippen MR) is 84.6 cm³/mol. The number of ether oxygens (including phenoxy) is 3. The highest BCUT2D eigenvalue weighted by Crippen LogP contribution is 2.70. The lowest BCUT2D eigenvalue weighted by molar-refractivity contribution is -0.629. The van der Waals surface area contributed by atoms with Gasteiger partial charge in [-0.3, -0.25) is 0 Å². The van der Waals surface area contributed by atoms with Crippen LogP contribution in [0.25, 0.3) is 0 Å². The van der Waals surface area contributed by atoms with Gasteiger partial charge in [-0.05, 0) is 0 Å². The second-order valence-electron chi connectivity index (χ2n) is 9.02. The van der Waals surface area contributed by atoms with Crippen LogP contribution < -0.4 is 0 Å². The molecule has 0 radical (unpaired) electrons. The Morgan fingerprint density at radius 2 is 0.340 bits per heavy atom. The largest absolute Gasteiger partial charge is 0.526 e. The zero-order valence-corrected chi connectivity index (χ0v) is 22.1. The molecule has 0 saturated carbocycles. The molecule has 0 aromatic heterocycles. The van der Waals surface area contributed by atoms with E-state index >= 15 is 4.39 Å². The van der Waals surface area contributed by atoms with E-state index in [0.717, 1.165) is 14.2 Å². The molecule has 0 N–H and O–H groups in total. The van der Waals surface area contributed by atoms with Crippen LogP contribution in [0.3, 0.4) is 0 Å². The molecule has 3 nitrogen and oxygen atoms in total. The number of rotatable bonds is 13. The second kappa shape index (κ2) is 12.5. The SMILES string of the molecule is FC(F)(F)OC(OC(F)(F)F)(OC(F)(F)F)C(F)(C(F)(F)C(F)(F)C(F)(F)F)C(F)(F)C(F)(F)C(F)(F)C(F)(F)C(F)(F)C(F)(F)C(F)(F)C(F)(F)F. The predicted octanol–water partition coefficient (Wildman–Crippen LogP) is 10.8. The molecule has 53 heavy (non-hydrogen) atoms. The van der Waals surface area contributed by atoms with Gasteiger partial charge < -0.3 is 0 Å². The van der Waals surface area contributed by atoms with Gasteiger partial charge in [-0.25, -0.2) is 18.6 Å². The molecule has 1 atom stereocenters. The van der Waals surface area contributed by atoms with Gasteiger partial charge in [-0.2, -0.15) is 105 Å². The maximum absolute atomic E-state index is 15.6. The van der Waals surface area contributed by atoms with Gasteiger partial charge in [-0.1, -0.05) is 0 Å². The Balaban J connectivity index is 9.10. The molecular formula is C16F34O3. The standard InChI is InChI=1S/C16F34O3/c17-1(3(20,21)9(32,33)11(36,37)38,13(51-14(42,43)44,52-15(45,46)47)53-16(48,49)50)2(18,19)4(22,23)5(24,25)6(26,27)7(28,29)8(30,31)10(34,35)12(39,40)41. The summed E-state index contributed by atoms with van der Waals surface area (Å²) in [4.78, 5) is 0. The van der Waals surface area contributed by atoms with Gasteiger partial charge >= 0.3 is 96.4 Å². The molecule has 0 aliphatic heterocycles. The minimum atomic E-state index is -10.9. The van der Waals surface area contributed by atoms with Crippen LogP contribution >= 0.6 is 0 Å². The molecule has 320 valence electrons. The summed E-state index contributed by atoms with van der Waals surface area (Å²) in [6, 6.07) is 0. The van der Waals surface area contributed by atoms with E-state index in [-0.39, 0.29) is 0 Å². The number of halogens is 34. The topological polar surface area (TPSA) is 27.7 Å². The Morgan fingerprint density at radius 1 is 0.189 bits per heavy atom. The normalized spacial score (nSPS) is 18.0. The fourth-order valence-electron chi connectivity index (χ4n) is 3.09. The molecule has 0 amide bonds. The summed E-state index contributed by atoms with van der Waals surface area (Å²) in [5.41, 5.74) is -10.9. The molecule has 0 aliphatic rings. The summed E-state index contributed by atoms with van der Waals surface area (Å²) in [6.07, 6.45) is -43.1. The van der Waals surface area contributed by atoms with Crippen molar-refractivity contribution in [2.45, 2.75) is 96.4 Å². The fourth-order valence-corrected chi connectivity index (χ4v) is 3.09. The van der Waals surface area contributed by atoms with Crippen molar-refractivity contribution in [2.75, 3.05) is 0 Å². The fraction of sp³-hybridized carbons (Fsp3) is 1.00. The smallest absolute Gasteiger partial charge is 0.230 e. The van der Waals surface area contributed by atoms with E-state index in [1.54, 1.807) is 0 Å². The van der Waals surface area contributed by atoms with Crippen LogP contribution in [0.2, 0.25) is 0 Å². The van der Waals surface area contributed by atoms with Gasteiger partial charge in [0.15, 0.2) is 0 Å². The third kappa shape index (κ3) is 7.32. The highest BCUT2D eigenvalue weighted by atomic mass is 19.5. The van der Waals surface area contributed by atoms with Crippen molar-refractivity contribution in [3.63, 3.8) is 0 Å². The highest BCUT2D eigenvalue weighted by Gasteiger charge is 3.03. The van der Waals surface area contributed by atoms with Crippen LogP contribution in [0, 0.1) is 0 Å². The molecule has 0 aromatic rings. The summed E-state index contributed by atoms with van der Waals surface area (Å²) in [6.45, 7) is 0. The summed E-state index contributed by atoms with van der Waals surface area (Å²) in [5, 5.41) is 0. The van der Waals surface area contributed by atoms with Gasteiger partial charge in [-0.15, -0.1) is 39.5 Å². The summed E-state index contributed by atoms with van der Waals surface area (Å²) in [7, 11) is 0. The van der Waals surface area contributed by atoms with Crippen molar-refractivity contribution in [1.29, 1.82) is 0 Å². The van der Waals surface area contributed by atoms with Crippen LogP contribution in [-0.2, 0) is 14.2 Å². The third-order valence-electron chi connectivity index (χ3n) is 5.51. The van der Waals surface area contributed by atoms with Crippen molar-refractivity contribution >= 4 is 0 Å². The van der Waals surface area contributed by atoms with E-state index in [9.17, 15) is 145 Å². The number of hydrogen-bond acceptors (Lipinski definition) is 3. The molecule has 0 saturated heterocycles. The van der Waals surface area contributed by atoms with E-state index < -0.39 is 96.4 Å². The minimum Gasteiger partial charge on any atom is -0.230 e. The molecule has 0 aliphatic carbocycles. The first kappa shape index (κ1) is 50.5. The van der Waals surface area contributed by atoms with E-state index in [0.29, 0.717) is 0 Å². The van der Waals surface area contributed by atoms with Crippen molar-refractivity contribution < 1.29 is 163 Å².